The molecule has 22 heavy (non-hydrogen) atoms. The van der Waals surface area contributed by atoms with E-state index in [1.807, 2.05) is 0 Å². The topological polar surface area (TPSA) is 95.6 Å². The highest BCUT2D eigenvalue weighted by atomic mass is 32.2. The lowest BCUT2D eigenvalue weighted by Crippen LogP contribution is -2.35. The van der Waals surface area contributed by atoms with Crippen molar-refractivity contribution in [3.8, 4) is 0 Å². The molecule has 0 aliphatic carbocycles. The molecule has 1 aliphatic heterocycles. The highest BCUT2D eigenvalue weighted by Gasteiger charge is 2.34. The molecule has 1 aromatic rings. The fraction of sp³-hybridized carbons (Fsp3) is 0.429. The summed E-state index contributed by atoms with van der Waals surface area (Å²) in [5.74, 6) is -0.841. The van der Waals surface area contributed by atoms with Crippen molar-refractivity contribution >= 4 is 21.8 Å². The zero-order valence-electron chi connectivity index (χ0n) is 12.3. The summed E-state index contributed by atoms with van der Waals surface area (Å²) in [6.45, 7) is 0.947. The highest BCUT2D eigenvalue weighted by molar-refractivity contribution is 7.89. The van der Waals surface area contributed by atoms with E-state index in [4.69, 9.17) is 0 Å². The first-order valence-corrected chi connectivity index (χ1v) is 8.68. The minimum atomic E-state index is -3.39. The minimum absolute atomic E-state index is 0.0965. The van der Waals surface area contributed by atoms with Crippen molar-refractivity contribution in [2.75, 3.05) is 32.4 Å². The van der Waals surface area contributed by atoms with Crippen LogP contribution in [0.1, 0.15) is 27.1 Å². The van der Waals surface area contributed by atoms with Gasteiger partial charge in [0, 0.05) is 19.6 Å². The molecule has 0 fully saturated rings. The van der Waals surface area contributed by atoms with E-state index in [0.29, 0.717) is 24.2 Å². The Morgan fingerprint density at radius 2 is 1.64 bits per heavy atom. The second-order valence-electron chi connectivity index (χ2n) is 4.98. The molecule has 1 aliphatic rings. The quantitative estimate of drug-likeness (QED) is 0.510. The average Bonchev–Trinajstić information content (AvgIpc) is 2.73. The van der Waals surface area contributed by atoms with Crippen LogP contribution in [0.4, 0.5) is 0 Å². The number of sulfonamides is 1. The number of imide groups is 1. The van der Waals surface area contributed by atoms with E-state index in [1.165, 1.54) is 0 Å². The van der Waals surface area contributed by atoms with Gasteiger partial charge in [-0.05, 0) is 25.6 Å². The molecule has 0 saturated heterocycles. The van der Waals surface area contributed by atoms with E-state index < -0.39 is 10.0 Å². The monoisotopic (exact) mass is 325 g/mol. The molecule has 0 radical (unpaired) electrons. The van der Waals surface area contributed by atoms with Crippen LogP contribution in [0.3, 0.4) is 0 Å². The van der Waals surface area contributed by atoms with E-state index in [0.717, 1.165) is 4.90 Å². The molecule has 1 heterocycles. The van der Waals surface area contributed by atoms with Crippen molar-refractivity contribution in [1.29, 1.82) is 0 Å². The largest absolute Gasteiger partial charge is 0.318 e. The number of benzene rings is 1. The maximum atomic E-state index is 12.1. The first kappa shape index (κ1) is 16.6. The van der Waals surface area contributed by atoms with Crippen LogP contribution in [-0.2, 0) is 10.0 Å². The second kappa shape index (κ2) is 6.99. The predicted molar refractivity (Wildman–Crippen MR) is 82.1 cm³/mol. The molecule has 8 heteroatoms. The van der Waals surface area contributed by atoms with Gasteiger partial charge in [0.15, 0.2) is 0 Å². The Morgan fingerprint density at radius 3 is 2.18 bits per heavy atom. The summed E-state index contributed by atoms with van der Waals surface area (Å²) in [6, 6.07) is 6.60. The zero-order valence-corrected chi connectivity index (χ0v) is 13.1. The van der Waals surface area contributed by atoms with Gasteiger partial charge in [-0.1, -0.05) is 12.1 Å². The van der Waals surface area contributed by atoms with Crippen LogP contribution in [-0.4, -0.2) is 57.6 Å². The lowest BCUT2D eigenvalue weighted by atomic mass is 10.1. The summed E-state index contributed by atoms with van der Waals surface area (Å²) in [4.78, 5) is 25.3. The third-order valence-corrected chi connectivity index (χ3v) is 4.84. The summed E-state index contributed by atoms with van der Waals surface area (Å²) in [6.07, 6.45) is 0.209. The van der Waals surface area contributed by atoms with Crippen LogP contribution in [0, 0.1) is 0 Å². The highest BCUT2D eigenvalue weighted by Crippen LogP contribution is 2.22. The van der Waals surface area contributed by atoms with Crippen LogP contribution >= 0.6 is 0 Å². The summed E-state index contributed by atoms with van der Waals surface area (Å²) in [5, 5.41) is 2.84. The smallest absolute Gasteiger partial charge is 0.261 e. The molecule has 0 unspecified atom stereocenters. The number of fused-ring (bicyclic) bond motifs is 1. The number of likely N-dealkylation sites (N-methyl/N-ethyl adjacent to an activating group) is 1. The number of carbonyl (C=O) groups is 2. The minimum Gasteiger partial charge on any atom is -0.318 e. The lowest BCUT2D eigenvalue weighted by molar-refractivity contribution is 0.0654. The van der Waals surface area contributed by atoms with Gasteiger partial charge >= 0.3 is 0 Å². The van der Waals surface area contributed by atoms with Gasteiger partial charge in [-0.15, -0.1) is 0 Å². The molecule has 1 aromatic carbocycles. The Hall–Kier alpha value is -1.77. The van der Waals surface area contributed by atoms with Crippen LogP contribution in [0.5, 0.6) is 0 Å². The van der Waals surface area contributed by atoms with Gasteiger partial charge in [-0.25, -0.2) is 13.1 Å². The van der Waals surface area contributed by atoms with Gasteiger partial charge in [-0.3, -0.25) is 14.5 Å². The Labute approximate surface area is 129 Å². The maximum Gasteiger partial charge on any atom is 0.261 e. The van der Waals surface area contributed by atoms with Crippen molar-refractivity contribution in [3.63, 3.8) is 0 Å². The van der Waals surface area contributed by atoms with Gasteiger partial charge in [0.1, 0.15) is 0 Å². The fourth-order valence-corrected chi connectivity index (χ4v) is 3.33. The number of hydrogen-bond acceptors (Lipinski definition) is 5. The number of nitrogens with zero attached hydrogens (tertiary/aromatic N) is 1. The van der Waals surface area contributed by atoms with E-state index in [1.54, 1.807) is 31.3 Å². The Bertz CT molecular complexity index is 637. The van der Waals surface area contributed by atoms with Gasteiger partial charge in [0.05, 0.1) is 16.9 Å². The van der Waals surface area contributed by atoms with E-state index in [2.05, 4.69) is 10.0 Å². The Balaban J connectivity index is 1.89. The standard InChI is InChI=1S/C14H19N3O4S/c1-15-7-8-16-22(20,21)10-4-9-17-13(18)11-5-2-3-6-12(11)14(17)19/h2-3,5-6,15-16H,4,7-10H2,1H3. The third kappa shape index (κ3) is 3.70. The number of carbonyl (C=O) groups excluding carboxylic acids is 2. The molecule has 0 spiro atoms. The van der Waals surface area contributed by atoms with Gasteiger partial charge in [-0.2, -0.15) is 0 Å². The first-order valence-electron chi connectivity index (χ1n) is 7.03. The van der Waals surface area contributed by atoms with Gasteiger partial charge in [0.25, 0.3) is 11.8 Å². The zero-order chi connectivity index (χ0) is 16.2. The Morgan fingerprint density at radius 1 is 1.05 bits per heavy atom. The Kier molecular flexibility index (Phi) is 5.28. The summed E-state index contributed by atoms with van der Waals surface area (Å²) >= 11 is 0. The number of hydrogen-bond donors (Lipinski definition) is 2. The normalized spacial score (nSPS) is 14.5. The summed E-state index contributed by atoms with van der Waals surface area (Å²) in [7, 11) is -1.65. The molecular weight excluding hydrogens is 306 g/mol. The lowest BCUT2D eigenvalue weighted by Gasteiger charge is -2.13. The molecular formula is C14H19N3O4S. The summed E-state index contributed by atoms with van der Waals surface area (Å²) < 4.78 is 25.9. The van der Waals surface area contributed by atoms with Crippen molar-refractivity contribution in [3.05, 3.63) is 35.4 Å². The van der Waals surface area contributed by atoms with E-state index in [9.17, 15) is 18.0 Å². The van der Waals surface area contributed by atoms with Crippen LogP contribution < -0.4 is 10.0 Å². The molecule has 0 saturated carbocycles. The molecule has 120 valence electrons. The van der Waals surface area contributed by atoms with Crippen molar-refractivity contribution in [1.82, 2.24) is 14.9 Å². The van der Waals surface area contributed by atoms with E-state index >= 15 is 0 Å². The average molecular weight is 325 g/mol. The number of nitrogens with one attached hydrogen (secondary N) is 2. The van der Waals surface area contributed by atoms with Crippen LogP contribution in [0.15, 0.2) is 24.3 Å². The fourth-order valence-electron chi connectivity index (χ4n) is 2.26. The molecule has 2 N–H and O–H groups in total. The molecule has 0 bridgehead atoms. The number of rotatable bonds is 8. The molecule has 2 amide bonds. The van der Waals surface area contributed by atoms with Crippen molar-refractivity contribution < 1.29 is 18.0 Å². The van der Waals surface area contributed by atoms with Gasteiger partial charge < -0.3 is 5.32 Å². The second-order valence-corrected chi connectivity index (χ2v) is 6.90. The molecule has 2 rings (SSSR count). The maximum absolute atomic E-state index is 12.1. The predicted octanol–water partition coefficient (Wildman–Crippen LogP) is -0.188. The van der Waals surface area contributed by atoms with Gasteiger partial charge in [0.2, 0.25) is 10.0 Å². The SMILES string of the molecule is CNCCNS(=O)(=O)CCCN1C(=O)c2ccccc2C1=O. The van der Waals surface area contributed by atoms with Crippen LogP contribution in [0.2, 0.25) is 0 Å². The molecule has 0 aromatic heterocycles. The van der Waals surface area contributed by atoms with Crippen molar-refractivity contribution in [2.45, 2.75) is 6.42 Å². The third-order valence-electron chi connectivity index (χ3n) is 3.37. The van der Waals surface area contributed by atoms with Crippen molar-refractivity contribution in [2.24, 2.45) is 0 Å². The number of amides is 2. The first-order chi connectivity index (χ1) is 10.5. The van der Waals surface area contributed by atoms with Crippen LogP contribution in [0.25, 0.3) is 0 Å². The van der Waals surface area contributed by atoms with E-state index in [-0.39, 0.29) is 30.5 Å². The molecule has 7 nitrogen and oxygen atoms in total. The summed E-state index contributed by atoms with van der Waals surface area (Å²) in [5.41, 5.74) is 0.755. The molecule has 0 atom stereocenters.